The number of nitrogens with zero attached hydrogens (tertiary/aromatic N) is 1. The molecule has 2 aromatic rings. The second kappa shape index (κ2) is 4.99. The second-order valence-electron chi connectivity index (χ2n) is 5.40. The van der Waals surface area contributed by atoms with Crippen molar-refractivity contribution >= 4 is 22.5 Å². The van der Waals surface area contributed by atoms with Crippen LogP contribution < -0.4 is 16.3 Å². The zero-order chi connectivity index (χ0) is 16.8. The summed E-state index contributed by atoms with van der Waals surface area (Å²) in [6.07, 6.45) is 1.61. The minimum absolute atomic E-state index is 0.0230. The molecular formula is C18H9NO5. The van der Waals surface area contributed by atoms with Gasteiger partial charge in [0.15, 0.2) is 5.43 Å². The van der Waals surface area contributed by atoms with Crippen LogP contribution in [-0.2, 0) is 0 Å². The molecule has 1 aliphatic heterocycles. The van der Waals surface area contributed by atoms with Gasteiger partial charge in [-0.2, -0.15) is 0 Å². The quantitative estimate of drug-likeness (QED) is 0.417. The van der Waals surface area contributed by atoms with Crippen molar-refractivity contribution in [1.29, 1.82) is 0 Å². The van der Waals surface area contributed by atoms with Crippen molar-refractivity contribution < 1.29 is 9.34 Å². The molecule has 116 valence electrons. The van der Waals surface area contributed by atoms with Crippen molar-refractivity contribution in [2.75, 3.05) is 0 Å². The first kappa shape index (κ1) is 14.1. The molecule has 0 unspecified atom stereocenters. The van der Waals surface area contributed by atoms with Gasteiger partial charge in [-0.15, -0.1) is 0 Å². The number of rotatable bonds is 2. The summed E-state index contributed by atoms with van der Waals surface area (Å²) in [5, 5.41) is 11.9. The Balaban J connectivity index is 1.99. The Bertz CT molecular complexity index is 1210. The normalized spacial score (nSPS) is 12.2. The van der Waals surface area contributed by atoms with Gasteiger partial charge in [-0.25, -0.2) is 4.79 Å². The van der Waals surface area contributed by atoms with E-state index in [0.29, 0.717) is 32.9 Å². The third-order valence-corrected chi connectivity index (χ3v) is 3.95. The summed E-state index contributed by atoms with van der Waals surface area (Å²) in [5.41, 5.74) is 0.470. The van der Waals surface area contributed by atoms with E-state index in [1.807, 2.05) is 0 Å². The van der Waals surface area contributed by atoms with Gasteiger partial charge in [-0.1, -0.05) is 12.1 Å². The van der Waals surface area contributed by atoms with Gasteiger partial charge in [0.2, 0.25) is 0 Å². The van der Waals surface area contributed by atoms with Gasteiger partial charge >= 0.3 is 5.63 Å². The van der Waals surface area contributed by atoms with Crippen molar-refractivity contribution in [3.8, 4) is 11.3 Å². The van der Waals surface area contributed by atoms with Crippen LogP contribution in [0.3, 0.4) is 0 Å². The lowest BCUT2D eigenvalue weighted by molar-refractivity contribution is -0.384. The zero-order valence-corrected chi connectivity index (χ0v) is 12.2. The van der Waals surface area contributed by atoms with Crippen molar-refractivity contribution in [2.24, 2.45) is 0 Å². The molecule has 0 spiro atoms. The predicted octanol–water partition coefficient (Wildman–Crippen LogP) is 2.15. The highest BCUT2D eigenvalue weighted by molar-refractivity contribution is 5.95. The smallest absolute Gasteiger partial charge is 0.344 e. The molecule has 4 rings (SSSR count). The highest BCUT2D eigenvalue weighted by atomic mass is 16.6. The molecule has 24 heavy (non-hydrogen) atoms. The Labute approximate surface area is 134 Å². The first-order chi connectivity index (χ1) is 11.5. The van der Waals surface area contributed by atoms with E-state index >= 15 is 0 Å². The van der Waals surface area contributed by atoms with Crippen LogP contribution in [-0.4, -0.2) is 4.92 Å². The molecule has 0 radical (unpaired) electrons. The maximum Gasteiger partial charge on any atom is 0.344 e. The molecule has 0 amide bonds. The summed E-state index contributed by atoms with van der Waals surface area (Å²) >= 11 is 0. The Morgan fingerprint density at radius 2 is 1.71 bits per heavy atom. The summed E-state index contributed by atoms with van der Waals surface area (Å²) < 4.78 is 5.22. The average molecular weight is 319 g/mol. The van der Waals surface area contributed by atoms with Crippen molar-refractivity contribution in [3.05, 3.63) is 90.1 Å². The van der Waals surface area contributed by atoms with E-state index in [-0.39, 0.29) is 11.1 Å². The number of nitro benzene ring substituents is 1. The summed E-state index contributed by atoms with van der Waals surface area (Å²) in [6, 6.07) is 12.3. The van der Waals surface area contributed by atoms with Crippen LogP contribution in [0.2, 0.25) is 0 Å². The van der Waals surface area contributed by atoms with E-state index in [9.17, 15) is 19.7 Å². The van der Waals surface area contributed by atoms with Gasteiger partial charge in [0.25, 0.3) is 5.69 Å². The van der Waals surface area contributed by atoms with Crippen LogP contribution in [0.1, 0.15) is 5.56 Å². The van der Waals surface area contributed by atoms with Crippen LogP contribution in [0.15, 0.2) is 62.5 Å². The first-order valence-corrected chi connectivity index (χ1v) is 7.13. The molecule has 2 aromatic carbocycles. The first-order valence-electron chi connectivity index (χ1n) is 7.13. The van der Waals surface area contributed by atoms with E-state index in [1.54, 1.807) is 36.4 Å². The molecule has 1 aliphatic carbocycles. The maximum absolute atomic E-state index is 12.6. The molecule has 2 aliphatic rings. The molecule has 6 nitrogen and oxygen atoms in total. The van der Waals surface area contributed by atoms with Crippen LogP contribution in [0.4, 0.5) is 5.69 Å². The Hall–Kier alpha value is -3.54. The van der Waals surface area contributed by atoms with E-state index in [4.69, 9.17) is 4.42 Å². The van der Waals surface area contributed by atoms with E-state index in [1.165, 1.54) is 18.2 Å². The largest absolute Gasteiger partial charge is 0.422 e. The third kappa shape index (κ3) is 2.04. The topological polar surface area (TPSA) is 90.4 Å². The molecule has 6 heteroatoms. The monoisotopic (exact) mass is 319 g/mol. The zero-order valence-electron chi connectivity index (χ0n) is 12.2. The lowest BCUT2D eigenvalue weighted by Gasteiger charge is -2.01. The number of furan rings is 1. The predicted molar refractivity (Wildman–Crippen MR) is 88.4 cm³/mol. The van der Waals surface area contributed by atoms with Crippen LogP contribution >= 0.6 is 0 Å². The summed E-state index contributed by atoms with van der Waals surface area (Å²) in [6.45, 7) is 0. The fourth-order valence-corrected chi connectivity index (χ4v) is 2.83. The van der Waals surface area contributed by atoms with E-state index in [2.05, 4.69) is 0 Å². The van der Waals surface area contributed by atoms with Gasteiger partial charge in [-0.3, -0.25) is 14.9 Å². The number of non-ortho nitro benzene ring substituents is 1. The van der Waals surface area contributed by atoms with Gasteiger partial charge < -0.3 is 4.42 Å². The Morgan fingerprint density at radius 1 is 1.00 bits per heavy atom. The maximum atomic E-state index is 12.6. The van der Waals surface area contributed by atoms with Crippen molar-refractivity contribution in [1.82, 2.24) is 0 Å². The van der Waals surface area contributed by atoms with Crippen molar-refractivity contribution in [3.63, 3.8) is 0 Å². The molecule has 1 heterocycles. The standard InChI is InChI=1S/C18H9NO5/c20-17-11(8-10-4-6-12(7-5-10)19(22)23)9-15-16-13(17)2-1-3-14(16)18(21)24-15/h1-9H/b11-8+. The lowest BCUT2D eigenvalue weighted by atomic mass is 10.00. The minimum atomic E-state index is -0.486. The third-order valence-electron chi connectivity index (χ3n) is 3.95. The van der Waals surface area contributed by atoms with Gasteiger partial charge in [0, 0.05) is 28.3 Å². The lowest BCUT2D eigenvalue weighted by Crippen LogP contribution is -2.25. The van der Waals surface area contributed by atoms with Crippen LogP contribution in [0.5, 0.6) is 0 Å². The SMILES string of the molecule is O=c1oc2c/c(=C\c3ccc([N+](=O)[O-])cc3)c(=O)c3cccc1c3-2. The number of hydrogen-bond acceptors (Lipinski definition) is 5. The van der Waals surface area contributed by atoms with Crippen molar-refractivity contribution in [2.45, 2.75) is 0 Å². The molecule has 0 aromatic heterocycles. The molecule has 0 fully saturated rings. The fourth-order valence-electron chi connectivity index (χ4n) is 2.83. The minimum Gasteiger partial charge on any atom is -0.422 e. The summed E-state index contributed by atoms with van der Waals surface area (Å²) in [7, 11) is 0. The van der Waals surface area contributed by atoms with Crippen LogP contribution in [0, 0.1) is 10.1 Å². The van der Waals surface area contributed by atoms with E-state index in [0.717, 1.165) is 0 Å². The second-order valence-corrected chi connectivity index (χ2v) is 5.40. The summed E-state index contributed by atoms with van der Waals surface area (Å²) in [4.78, 5) is 34.7. The molecule has 0 saturated carbocycles. The van der Waals surface area contributed by atoms with Gasteiger partial charge in [-0.05, 0) is 35.9 Å². The van der Waals surface area contributed by atoms with Gasteiger partial charge in [0.1, 0.15) is 5.76 Å². The highest BCUT2D eigenvalue weighted by Gasteiger charge is 2.19. The molecule has 0 atom stereocenters. The highest BCUT2D eigenvalue weighted by Crippen LogP contribution is 2.28. The number of nitro groups is 1. The average Bonchev–Trinajstić information content (AvgIpc) is 2.90. The van der Waals surface area contributed by atoms with Gasteiger partial charge in [0.05, 0.1) is 10.3 Å². The van der Waals surface area contributed by atoms with E-state index < -0.39 is 10.5 Å². The van der Waals surface area contributed by atoms with Crippen LogP contribution in [0.25, 0.3) is 28.2 Å². The summed E-state index contributed by atoms with van der Waals surface area (Å²) in [5.74, 6) is 0.360. The number of hydrogen-bond donors (Lipinski definition) is 0. The Morgan fingerprint density at radius 3 is 2.42 bits per heavy atom. The number of benzene rings is 3. The fraction of sp³-hybridized carbons (Fsp3) is 0. The molecule has 0 saturated heterocycles. The Kier molecular flexibility index (Phi) is 2.93. The molecular weight excluding hydrogens is 310 g/mol. The molecule has 0 N–H and O–H groups in total. The molecule has 0 bridgehead atoms.